The topological polar surface area (TPSA) is 15.3 Å². The van der Waals surface area contributed by atoms with Crippen LogP contribution in [-0.2, 0) is 0 Å². The van der Waals surface area contributed by atoms with Crippen LogP contribution in [0.1, 0.15) is 66.2 Å². The minimum Gasteiger partial charge on any atom is -0.312 e. The normalized spacial score (nSPS) is 26.5. The molecule has 2 unspecified atom stereocenters. The van der Waals surface area contributed by atoms with E-state index in [0.717, 1.165) is 12.1 Å². The maximum atomic E-state index is 3.79. The second-order valence-electron chi connectivity index (χ2n) is 5.69. The van der Waals surface area contributed by atoms with Crippen LogP contribution >= 0.6 is 0 Å². The lowest BCUT2D eigenvalue weighted by Gasteiger charge is -2.38. The average molecular weight is 240 g/mol. The number of nitrogens with zero attached hydrogens (tertiary/aromatic N) is 1. The first-order valence-electron chi connectivity index (χ1n) is 7.69. The van der Waals surface area contributed by atoms with Gasteiger partial charge in [-0.25, -0.2) is 0 Å². The van der Waals surface area contributed by atoms with E-state index in [-0.39, 0.29) is 0 Å². The first-order valence-corrected chi connectivity index (χ1v) is 7.69. The van der Waals surface area contributed by atoms with Crippen molar-refractivity contribution in [3.8, 4) is 0 Å². The molecule has 0 saturated heterocycles. The summed E-state index contributed by atoms with van der Waals surface area (Å²) in [5.74, 6) is 0. The predicted octanol–water partition coefficient (Wildman–Crippen LogP) is 3.42. The fourth-order valence-electron chi connectivity index (χ4n) is 3.24. The fraction of sp³-hybridized carbons (Fsp3) is 1.00. The fourth-order valence-corrected chi connectivity index (χ4v) is 3.24. The SMILES string of the molecule is CCCNC1CCCCCC1N(CC)C(C)C. The van der Waals surface area contributed by atoms with E-state index in [2.05, 4.69) is 37.9 Å². The van der Waals surface area contributed by atoms with Crippen molar-refractivity contribution in [2.24, 2.45) is 0 Å². The van der Waals surface area contributed by atoms with Gasteiger partial charge < -0.3 is 5.32 Å². The molecule has 0 aromatic rings. The molecule has 1 N–H and O–H groups in total. The van der Waals surface area contributed by atoms with Crippen molar-refractivity contribution >= 4 is 0 Å². The van der Waals surface area contributed by atoms with Crippen molar-refractivity contribution in [3.63, 3.8) is 0 Å². The molecule has 2 atom stereocenters. The number of nitrogens with one attached hydrogen (secondary N) is 1. The van der Waals surface area contributed by atoms with Gasteiger partial charge in [-0.05, 0) is 46.2 Å². The number of rotatable bonds is 6. The Morgan fingerprint density at radius 1 is 1.12 bits per heavy atom. The Morgan fingerprint density at radius 3 is 2.41 bits per heavy atom. The molecule has 0 radical (unpaired) electrons. The molecule has 0 amide bonds. The van der Waals surface area contributed by atoms with E-state index in [0.29, 0.717) is 6.04 Å². The first kappa shape index (κ1) is 15.0. The van der Waals surface area contributed by atoms with Crippen molar-refractivity contribution in [2.45, 2.75) is 84.3 Å². The van der Waals surface area contributed by atoms with E-state index >= 15 is 0 Å². The van der Waals surface area contributed by atoms with E-state index in [1.54, 1.807) is 0 Å². The third-order valence-corrected chi connectivity index (χ3v) is 4.09. The summed E-state index contributed by atoms with van der Waals surface area (Å²) in [6, 6.07) is 2.16. The summed E-state index contributed by atoms with van der Waals surface area (Å²) in [6.07, 6.45) is 8.25. The van der Waals surface area contributed by atoms with Crippen LogP contribution in [-0.4, -0.2) is 36.1 Å². The number of hydrogen-bond acceptors (Lipinski definition) is 2. The molecular formula is C15H32N2. The standard InChI is InChI=1S/C15H32N2/c1-5-12-16-14-10-8-7-9-11-15(14)17(6-2)13(3)4/h13-16H,5-12H2,1-4H3. The smallest absolute Gasteiger partial charge is 0.0251 e. The summed E-state index contributed by atoms with van der Waals surface area (Å²) in [6.45, 7) is 11.6. The minimum absolute atomic E-state index is 0.675. The second-order valence-corrected chi connectivity index (χ2v) is 5.69. The van der Waals surface area contributed by atoms with Crippen molar-refractivity contribution in [1.29, 1.82) is 0 Å². The highest BCUT2D eigenvalue weighted by molar-refractivity contribution is 4.87. The second kappa shape index (κ2) is 8.10. The van der Waals surface area contributed by atoms with Gasteiger partial charge in [-0.3, -0.25) is 4.90 Å². The maximum Gasteiger partial charge on any atom is 0.0251 e. The lowest BCUT2D eigenvalue weighted by Crippen LogP contribution is -2.52. The Bertz CT molecular complexity index is 191. The number of likely N-dealkylation sites (N-methyl/N-ethyl adjacent to an activating group) is 1. The van der Waals surface area contributed by atoms with Crippen LogP contribution in [0.15, 0.2) is 0 Å². The summed E-state index contributed by atoms with van der Waals surface area (Å²) >= 11 is 0. The lowest BCUT2D eigenvalue weighted by atomic mass is 9.99. The Hall–Kier alpha value is -0.0800. The van der Waals surface area contributed by atoms with E-state index in [1.807, 2.05) is 0 Å². The van der Waals surface area contributed by atoms with Crippen LogP contribution in [0.2, 0.25) is 0 Å². The molecule has 1 fully saturated rings. The van der Waals surface area contributed by atoms with Gasteiger partial charge in [0.05, 0.1) is 0 Å². The highest BCUT2D eigenvalue weighted by Gasteiger charge is 2.28. The van der Waals surface area contributed by atoms with Gasteiger partial charge in [0.2, 0.25) is 0 Å². The van der Waals surface area contributed by atoms with Gasteiger partial charge in [0.15, 0.2) is 0 Å². The Balaban J connectivity index is 2.65. The molecule has 1 rings (SSSR count). The molecule has 1 aliphatic rings. The molecule has 1 saturated carbocycles. The summed E-state index contributed by atoms with van der Waals surface area (Å²) in [4.78, 5) is 2.69. The average Bonchev–Trinajstić information content (AvgIpc) is 2.53. The molecule has 0 heterocycles. The highest BCUT2D eigenvalue weighted by Crippen LogP contribution is 2.24. The Kier molecular flexibility index (Phi) is 7.14. The number of hydrogen-bond donors (Lipinski definition) is 1. The summed E-state index contributed by atoms with van der Waals surface area (Å²) < 4.78 is 0. The first-order chi connectivity index (χ1) is 8.20. The third-order valence-electron chi connectivity index (χ3n) is 4.09. The van der Waals surface area contributed by atoms with Gasteiger partial charge in [-0.15, -0.1) is 0 Å². The molecule has 0 bridgehead atoms. The van der Waals surface area contributed by atoms with Crippen molar-refractivity contribution < 1.29 is 0 Å². The summed E-state index contributed by atoms with van der Waals surface area (Å²) in [5.41, 5.74) is 0. The molecule has 1 aliphatic carbocycles. The third kappa shape index (κ3) is 4.59. The molecule has 0 spiro atoms. The molecule has 102 valence electrons. The quantitative estimate of drug-likeness (QED) is 0.716. The maximum absolute atomic E-state index is 3.79. The zero-order chi connectivity index (χ0) is 12.7. The van der Waals surface area contributed by atoms with Gasteiger partial charge in [-0.1, -0.05) is 33.1 Å². The van der Waals surface area contributed by atoms with Gasteiger partial charge in [0, 0.05) is 18.1 Å². The molecule has 0 aromatic heterocycles. The van der Waals surface area contributed by atoms with Gasteiger partial charge in [-0.2, -0.15) is 0 Å². The van der Waals surface area contributed by atoms with Gasteiger partial charge >= 0.3 is 0 Å². The van der Waals surface area contributed by atoms with E-state index in [4.69, 9.17) is 0 Å². The van der Waals surface area contributed by atoms with E-state index < -0.39 is 0 Å². The predicted molar refractivity (Wildman–Crippen MR) is 76.5 cm³/mol. The Morgan fingerprint density at radius 2 is 1.82 bits per heavy atom. The van der Waals surface area contributed by atoms with Crippen molar-refractivity contribution in [2.75, 3.05) is 13.1 Å². The van der Waals surface area contributed by atoms with Gasteiger partial charge in [0.1, 0.15) is 0 Å². The lowest BCUT2D eigenvalue weighted by molar-refractivity contribution is 0.120. The monoisotopic (exact) mass is 240 g/mol. The molecule has 0 aliphatic heterocycles. The molecular weight excluding hydrogens is 208 g/mol. The van der Waals surface area contributed by atoms with Crippen molar-refractivity contribution in [3.05, 3.63) is 0 Å². The molecule has 2 heteroatoms. The Labute approximate surface area is 108 Å². The van der Waals surface area contributed by atoms with Gasteiger partial charge in [0.25, 0.3) is 0 Å². The van der Waals surface area contributed by atoms with Crippen molar-refractivity contribution in [1.82, 2.24) is 10.2 Å². The molecule has 0 aromatic carbocycles. The van der Waals surface area contributed by atoms with E-state index in [9.17, 15) is 0 Å². The summed E-state index contributed by atoms with van der Waals surface area (Å²) in [7, 11) is 0. The minimum atomic E-state index is 0.675. The zero-order valence-electron chi connectivity index (χ0n) is 12.3. The van der Waals surface area contributed by atoms with Crippen LogP contribution in [0.4, 0.5) is 0 Å². The molecule has 17 heavy (non-hydrogen) atoms. The molecule has 2 nitrogen and oxygen atoms in total. The van der Waals surface area contributed by atoms with Crippen LogP contribution in [0.3, 0.4) is 0 Å². The van der Waals surface area contributed by atoms with E-state index in [1.165, 1.54) is 51.6 Å². The van der Waals surface area contributed by atoms with Crippen LogP contribution in [0.25, 0.3) is 0 Å². The largest absolute Gasteiger partial charge is 0.312 e. The van der Waals surface area contributed by atoms with Crippen LogP contribution in [0, 0.1) is 0 Å². The summed E-state index contributed by atoms with van der Waals surface area (Å²) in [5, 5.41) is 3.79. The van der Waals surface area contributed by atoms with Crippen LogP contribution in [0.5, 0.6) is 0 Å². The zero-order valence-corrected chi connectivity index (χ0v) is 12.3. The highest BCUT2D eigenvalue weighted by atomic mass is 15.2. The van der Waals surface area contributed by atoms with Crippen LogP contribution < -0.4 is 5.32 Å².